The van der Waals surface area contributed by atoms with Gasteiger partial charge in [0, 0.05) is 22.3 Å². The summed E-state index contributed by atoms with van der Waals surface area (Å²) < 4.78 is 2.79. The average molecular weight is 433 g/mol. The Bertz CT molecular complexity index is 938. The Hall–Kier alpha value is -2.11. The van der Waals surface area contributed by atoms with Gasteiger partial charge in [-0.25, -0.2) is 0 Å². The molecule has 0 atom stereocenters. The second kappa shape index (κ2) is 8.06. The maximum Gasteiger partial charge on any atom is 0.253 e. The lowest BCUT2D eigenvalue weighted by molar-refractivity contribution is 0.0951. The molecule has 26 heavy (non-hydrogen) atoms. The second-order valence-electron chi connectivity index (χ2n) is 6.10. The fraction of sp³-hybridized carbons (Fsp3) is 0.200. The first kappa shape index (κ1) is 18.7. The van der Waals surface area contributed by atoms with E-state index in [2.05, 4.69) is 38.5 Å². The third-order valence-corrected chi connectivity index (χ3v) is 5.13. The van der Waals surface area contributed by atoms with E-state index in [-0.39, 0.29) is 5.91 Å². The first-order valence-corrected chi connectivity index (χ1v) is 9.43. The van der Waals surface area contributed by atoms with Crippen LogP contribution in [-0.4, -0.2) is 15.7 Å². The van der Waals surface area contributed by atoms with Gasteiger partial charge in [0.15, 0.2) is 0 Å². The largest absolute Gasteiger partial charge is 0.348 e. The van der Waals surface area contributed by atoms with Crippen LogP contribution >= 0.6 is 27.5 Å². The summed E-state index contributed by atoms with van der Waals surface area (Å²) in [6, 6.07) is 15.4. The van der Waals surface area contributed by atoms with Gasteiger partial charge in [0.2, 0.25) is 0 Å². The molecule has 0 fully saturated rings. The van der Waals surface area contributed by atoms with Gasteiger partial charge in [-0.2, -0.15) is 5.10 Å². The summed E-state index contributed by atoms with van der Waals surface area (Å²) in [6.07, 6.45) is 0. The standard InChI is InChI=1S/C20H19BrClN3O/c1-13-18(11-23-20(26)17-10-16(21)8-9-19(17)22)14(2)25(24-13)12-15-6-4-3-5-7-15/h3-10H,11-12H2,1-2H3,(H,23,26). The minimum absolute atomic E-state index is 0.203. The quantitative estimate of drug-likeness (QED) is 0.624. The number of halogens is 2. The monoisotopic (exact) mass is 431 g/mol. The smallest absolute Gasteiger partial charge is 0.253 e. The van der Waals surface area contributed by atoms with E-state index in [9.17, 15) is 4.79 Å². The van der Waals surface area contributed by atoms with Gasteiger partial charge in [-0.15, -0.1) is 0 Å². The van der Waals surface area contributed by atoms with Crippen molar-refractivity contribution in [3.8, 4) is 0 Å². The highest BCUT2D eigenvalue weighted by Crippen LogP contribution is 2.21. The van der Waals surface area contributed by atoms with Crippen LogP contribution in [0.4, 0.5) is 0 Å². The number of nitrogens with one attached hydrogen (secondary N) is 1. The van der Waals surface area contributed by atoms with Crippen molar-refractivity contribution < 1.29 is 4.79 Å². The zero-order chi connectivity index (χ0) is 18.7. The Balaban J connectivity index is 1.74. The molecule has 134 valence electrons. The normalized spacial score (nSPS) is 10.8. The summed E-state index contributed by atoms with van der Waals surface area (Å²) >= 11 is 9.50. The summed E-state index contributed by atoms with van der Waals surface area (Å²) in [7, 11) is 0. The number of rotatable bonds is 5. The van der Waals surface area contributed by atoms with Crippen molar-refractivity contribution in [1.82, 2.24) is 15.1 Å². The van der Waals surface area contributed by atoms with Crippen LogP contribution in [0.5, 0.6) is 0 Å². The van der Waals surface area contributed by atoms with Gasteiger partial charge in [-0.05, 0) is 37.6 Å². The third-order valence-electron chi connectivity index (χ3n) is 4.31. The number of hydrogen-bond donors (Lipinski definition) is 1. The van der Waals surface area contributed by atoms with Crippen molar-refractivity contribution in [1.29, 1.82) is 0 Å². The maximum atomic E-state index is 12.5. The third kappa shape index (κ3) is 4.17. The van der Waals surface area contributed by atoms with Gasteiger partial charge in [-0.1, -0.05) is 57.9 Å². The summed E-state index contributed by atoms with van der Waals surface area (Å²) in [5.74, 6) is -0.203. The zero-order valence-electron chi connectivity index (χ0n) is 14.6. The molecule has 1 amide bonds. The highest BCUT2D eigenvalue weighted by Gasteiger charge is 2.15. The van der Waals surface area contributed by atoms with Crippen molar-refractivity contribution >= 4 is 33.4 Å². The molecule has 0 spiro atoms. The molecule has 0 unspecified atom stereocenters. The topological polar surface area (TPSA) is 46.9 Å². The molecule has 4 nitrogen and oxygen atoms in total. The van der Waals surface area contributed by atoms with Crippen LogP contribution in [0, 0.1) is 13.8 Å². The van der Waals surface area contributed by atoms with E-state index < -0.39 is 0 Å². The molecule has 0 aliphatic carbocycles. The predicted molar refractivity (Wildman–Crippen MR) is 108 cm³/mol. The molecule has 1 N–H and O–H groups in total. The maximum absolute atomic E-state index is 12.5. The van der Waals surface area contributed by atoms with Crippen LogP contribution in [0.2, 0.25) is 5.02 Å². The number of amides is 1. The molecular formula is C20H19BrClN3O. The summed E-state index contributed by atoms with van der Waals surface area (Å²) in [6.45, 7) is 5.10. The van der Waals surface area contributed by atoms with Gasteiger partial charge >= 0.3 is 0 Å². The summed E-state index contributed by atoms with van der Waals surface area (Å²) in [5, 5.41) is 7.99. The van der Waals surface area contributed by atoms with Crippen LogP contribution in [0.25, 0.3) is 0 Å². The second-order valence-corrected chi connectivity index (χ2v) is 7.42. The van der Waals surface area contributed by atoms with E-state index in [0.29, 0.717) is 23.7 Å². The molecule has 0 saturated heterocycles. The Labute approximate surface area is 166 Å². The average Bonchev–Trinajstić information content (AvgIpc) is 2.89. The number of carbonyl (C=O) groups excluding carboxylic acids is 1. The molecule has 3 rings (SSSR count). The van der Waals surface area contributed by atoms with Crippen LogP contribution < -0.4 is 5.32 Å². The minimum atomic E-state index is -0.203. The number of aromatic nitrogens is 2. The van der Waals surface area contributed by atoms with Crippen molar-refractivity contribution in [3.05, 3.63) is 86.1 Å². The number of hydrogen-bond acceptors (Lipinski definition) is 2. The highest BCUT2D eigenvalue weighted by molar-refractivity contribution is 9.10. The molecule has 0 aliphatic rings. The first-order valence-electron chi connectivity index (χ1n) is 8.25. The molecule has 0 saturated carbocycles. The SMILES string of the molecule is Cc1nn(Cc2ccccc2)c(C)c1CNC(=O)c1cc(Br)ccc1Cl. The first-order chi connectivity index (χ1) is 12.5. The molecule has 1 aromatic heterocycles. The molecule has 1 heterocycles. The van der Waals surface area contributed by atoms with Gasteiger partial charge in [0.05, 0.1) is 22.8 Å². The lowest BCUT2D eigenvalue weighted by Gasteiger charge is -2.09. The summed E-state index contributed by atoms with van der Waals surface area (Å²) in [5.41, 5.74) is 4.63. The van der Waals surface area contributed by atoms with Crippen molar-refractivity contribution in [2.24, 2.45) is 0 Å². The molecular weight excluding hydrogens is 414 g/mol. The Kier molecular flexibility index (Phi) is 5.79. The predicted octanol–water partition coefficient (Wildman–Crippen LogP) is 4.89. The zero-order valence-corrected chi connectivity index (χ0v) is 16.9. The van der Waals surface area contributed by atoms with Crippen LogP contribution in [0.15, 0.2) is 53.0 Å². The van der Waals surface area contributed by atoms with E-state index in [1.807, 2.05) is 36.7 Å². The lowest BCUT2D eigenvalue weighted by atomic mass is 10.1. The molecule has 6 heteroatoms. The van der Waals surface area contributed by atoms with E-state index >= 15 is 0 Å². The lowest BCUT2D eigenvalue weighted by Crippen LogP contribution is -2.23. The fourth-order valence-corrected chi connectivity index (χ4v) is 3.40. The molecule has 0 bridgehead atoms. The Morgan fingerprint density at radius 3 is 2.65 bits per heavy atom. The minimum Gasteiger partial charge on any atom is -0.348 e. The Morgan fingerprint density at radius 1 is 1.19 bits per heavy atom. The number of benzene rings is 2. The van der Waals surface area contributed by atoms with Crippen molar-refractivity contribution in [2.75, 3.05) is 0 Å². The highest BCUT2D eigenvalue weighted by atomic mass is 79.9. The molecule has 3 aromatic rings. The number of nitrogens with zero attached hydrogens (tertiary/aromatic N) is 2. The number of aryl methyl sites for hydroxylation is 1. The summed E-state index contributed by atoms with van der Waals surface area (Å²) in [4.78, 5) is 12.5. The van der Waals surface area contributed by atoms with Crippen LogP contribution in [0.3, 0.4) is 0 Å². The van der Waals surface area contributed by atoms with Crippen molar-refractivity contribution in [3.63, 3.8) is 0 Å². The van der Waals surface area contributed by atoms with E-state index in [1.165, 1.54) is 5.56 Å². The Morgan fingerprint density at radius 2 is 1.92 bits per heavy atom. The van der Waals surface area contributed by atoms with Crippen LogP contribution in [0.1, 0.15) is 32.9 Å². The van der Waals surface area contributed by atoms with E-state index in [0.717, 1.165) is 21.4 Å². The van der Waals surface area contributed by atoms with Crippen molar-refractivity contribution in [2.45, 2.75) is 26.9 Å². The van der Waals surface area contributed by atoms with E-state index in [1.54, 1.807) is 18.2 Å². The van der Waals surface area contributed by atoms with Gasteiger partial charge in [0.25, 0.3) is 5.91 Å². The molecule has 0 radical (unpaired) electrons. The van der Waals surface area contributed by atoms with Gasteiger partial charge in [-0.3, -0.25) is 9.48 Å². The van der Waals surface area contributed by atoms with Gasteiger partial charge < -0.3 is 5.32 Å². The molecule has 0 aliphatic heterocycles. The number of carbonyl (C=O) groups is 1. The van der Waals surface area contributed by atoms with E-state index in [4.69, 9.17) is 11.6 Å². The fourth-order valence-electron chi connectivity index (χ4n) is 2.84. The van der Waals surface area contributed by atoms with Gasteiger partial charge in [0.1, 0.15) is 0 Å². The van der Waals surface area contributed by atoms with Crippen LogP contribution in [-0.2, 0) is 13.1 Å². The molecule has 2 aromatic carbocycles.